The maximum atomic E-state index is 12.8. The van der Waals surface area contributed by atoms with Gasteiger partial charge in [-0.05, 0) is 108 Å². The summed E-state index contributed by atoms with van der Waals surface area (Å²) in [6, 6.07) is 15.5. The molecule has 2 fully saturated rings. The number of aliphatic hydroxyl groups excluding tert-OH is 1. The molecule has 18 heteroatoms. The summed E-state index contributed by atoms with van der Waals surface area (Å²) in [6.45, 7) is 12.6. The number of aldehydes is 1. The Labute approximate surface area is 412 Å². The van der Waals surface area contributed by atoms with Crippen LogP contribution in [0.2, 0.25) is 0 Å². The van der Waals surface area contributed by atoms with E-state index in [1.165, 1.54) is 24.2 Å². The van der Waals surface area contributed by atoms with E-state index < -0.39 is 6.09 Å². The first-order valence-electron chi connectivity index (χ1n) is 23.6. The van der Waals surface area contributed by atoms with Gasteiger partial charge in [-0.3, -0.25) is 19.9 Å². The van der Waals surface area contributed by atoms with Gasteiger partial charge >= 0.3 is 6.09 Å². The number of likely N-dealkylation sites (tertiary alicyclic amines) is 1. The van der Waals surface area contributed by atoms with Gasteiger partial charge in [0.15, 0.2) is 5.13 Å². The average Bonchev–Trinajstić information content (AvgIpc) is 4.15. The summed E-state index contributed by atoms with van der Waals surface area (Å²) >= 11 is 2.98. The van der Waals surface area contributed by atoms with Crippen LogP contribution in [0.1, 0.15) is 106 Å². The molecule has 0 bridgehead atoms. The fourth-order valence-corrected chi connectivity index (χ4v) is 9.14. The van der Waals surface area contributed by atoms with Crippen LogP contribution in [-0.4, -0.2) is 93.8 Å². The van der Waals surface area contributed by atoms with Gasteiger partial charge in [-0.15, -0.1) is 11.3 Å². The standard InChI is InChI=1S/C37H40N6O5S2.C6H7NO2.C5H11NO.C3H8/c1-23-31(42-37(46)48-29-8-4-3-5-9-29)16-28(20-39-23)25-13-14-30-33(18-25)50-36(41-30)43-34(45)10-6-7-15-47-32-17-26(35-24(2)40-22-49-35)11-12-27(32)19-38-21-44;1-5-4-6(2-3-8)9-7-5;1-6-3-2-5(7)4-6;1-3-2/h11-14,16-18,20-22,29H,3-10,15,19H2,1-2H3,(H,38,44)(H,42,46)(H,41,43,45);3-4H,2H2,1H3;5,7H,2-4H2,1H3;3H2,1-2H3. The Bertz CT molecular complexity index is 2550. The molecule has 1 atom stereocenters. The normalized spacial score (nSPS) is 14.5. The molecule has 5 heterocycles. The molecule has 8 rings (SSSR count). The van der Waals surface area contributed by atoms with Crippen molar-refractivity contribution in [1.82, 2.24) is 30.3 Å². The molecule has 16 nitrogen and oxygen atoms in total. The minimum atomic E-state index is -0.449. The fraction of sp³-hybridized carbons (Fsp3) is 0.451. The highest BCUT2D eigenvalue weighted by Crippen LogP contribution is 2.34. The smallest absolute Gasteiger partial charge is 0.411 e. The van der Waals surface area contributed by atoms with E-state index in [1.807, 2.05) is 75.8 Å². The number of nitrogens with one attached hydrogen (secondary N) is 3. The molecule has 0 spiro atoms. The van der Waals surface area contributed by atoms with Crippen molar-refractivity contribution in [2.24, 2.45) is 0 Å². The Balaban J connectivity index is 0.000000388. The Morgan fingerprint density at radius 1 is 0.928 bits per heavy atom. The number of pyridine rings is 1. The molecule has 4 aromatic heterocycles. The van der Waals surface area contributed by atoms with E-state index in [9.17, 15) is 19.2 Å². The lowest BCUT2D eigenvalue weighted by Gasteiger charge is -2.22. The van der Waals surface area contributed by atoms with E-state index in [1.54, 1.807) is 23.6 Å². The number of aromatic nitrogens is 4. The number of nitrogens with zero attached hydrogens (tertiary/aromatic N) is 5. The van der Waals surface area contributed by atoms with Gasteiger partial charge in [0.05, 0.1) is 62.5 Å². The number of β-amino-alcohol motifs (C(OH)–C–C–N with tert-alkyl or cyclic N) is 1. The van der Waals surface area contributed by atoms with E-state index >= 15 is 0 Å². The van der Waals surface area contributed by atoms with Crippen molar-refractivity contribution in [2.75, 3.05) is 37.4 Å². The van der Waals surface area contributed by atoms with Crippen LogP contribution >= 0.6 is 22.7 Å². The predicted molar refractivity (Wildman–Crippen MR) is 273 cm³/mol. The van der Waals surface area contributed by atoms with Gasteiger partial charge in [0.1, 0.15) is 23.9 Å². The van der Waals surface area contributed by atoms with Crippen molar-refractivity contribution >= 4 is 68.4 Å². The first kappa shape index (κ1) is 53.9. The highest BCUT2D eigenvalue weighted by atomic mass is 32.1. The second-order valence-corrected chi connectivity index (χ2v) is 18.9. The van der Waals surface area contributed by atoms with Gasteiger partial charge in [0.25, 0.3) is 0 Å². The second-order valence-electron chi connectivity index (χ2n) is 17.0. The molecule has 1 saturated carbocycles. The van der Waals surface area contributed by atoms with Gasteiger partial charge < -0.3 is 39.4 Å². The Morgan fingerprint density at radius 3 is 2.36 bits per heavy atom. The summed E-state index contributed by atoms with van der Waals surface area (Å²) < 4.78 is 17.4. The van der Waals surface area contributed by atoms with E-state index in [4.69, 9.17) is 19.1 Å². The Morgan fingerprint density at radius 2 is 1.71 bits per heavy atom. The molecule has 3 amide bonds. The van der Waals surface area contributed by atoms with Crippen LogP contribution in [0.3, 0.4) is 0 Å². The quantitative estimate of drug-likeness (QED) is 0.0526. The fourth-order valence-electron chi connectivity index (χ4n) is 7.41. The van der Waals surface area contributed by atoms with E-state index in [0.29, 0.717) is 73.3 Å². The number of hydrogen-bond acceptors (Lipinski definition) is 15. The number of thiazole rings is 2. The lowest BCUT2D eigenvalue weighted by molar-refractivity contribution is -0.116. The lowest BCUT2D eigenvalue weighted by atomic mass is 9.98. The third kappa shape index (κ3) is 17.7. The summed E-state index contributed by atoms with van der Waals surface area (Å²) in [5, 5.41) is 21.5. The van der Waals surface area contributed by atoms with Crippen LogP contribution in [0.25, 0.3) is 31.8 Å². The van der Waals surface area contributed by atoms with Crippen molar-refractivity contribution in [1.29, 1.82) is 0 Å². The summed E-state index contributed by atoms with van der Waals surface area (Å²) in [5.41, 5.74) is 9.36. The van der Waals surface area contributed by atoms with E-state index in [0.717, 1.165) is 100 Å². The number of unbranched alkanes of at least 4 members (excludes halogenated alkanes) is 1. The number of carbonyl (C=O) groups excluding carboxylic acids is 4. The van der Waals surface area contributed by atoms with Crippen LogP contribution in [0, 0.1) is 20.8 Å². The van der Waals surface area contributed by atoms with Gasteiger partial charge in [-0.2, -0.15) is 0 Å². The van der Waals surface area contributed by atoms with Crippen LogP contribution in [-0.2, 0) is 32.1 Å². The van der Waals surface area contributed by atoms with E-state index in [2.05, 4.69) is 54.8 Å². The Hall–Kier alpha value is -6.08. The number of fused-ring (bicyclic) bond motifs is 1. The molecule has 2 aromatic carbocycles. The van der Waals surface area contributed by atoms with E-state index in [-0.39, 0.29) is 18.1 Å². The van der Waals surface area contributed by atoms with Crippen LogP contribution in [0.5, 0.6) is 5.75 Å². The topological polar surface area (TPSA) is 211 Å². The number of aliphatic hydroxyl groups is 1. The number of carbonyl (C=O) groups is 4. The van der Waals surface area contributed by atoms with Crippen LogP contribution in [0.15, 0.2) is 64.8 Å². The van der Waals surface area contributed by atoms with Crippen molar-refractivity contribution in [2.45, 2.75) is 124 Å². The maximum absolute atomic E-state index is 12.8. The molecular formula is C51H66N8O8S2. The van der Waals surface area contributed by atoms with Crippen LogP contribution < -0.4 is 20.7 Å². The van der Waals surface area contributed by atoms with Crippen molar-refractivity contribution in [3.05, 3.63) is 88.6 Å². The zero-order valence-electron chi connectivity index (χ0n) is 40.5. The van der Waals surface area contributed by atoms with Crippen LogP contribution in [0.4, 0.5) is 15.6 Å². The SMILES string of the molecule is CCC.CN1CCC(O)C1.Cc1cc(CC=O)on1.Cc1ncc(-c2ccc3nc(NC(=O)CCCCOc4cc(-c5scnc5C)ccc4CNC=O)sc3c2)cc1NC(=O)OC1CCCCC1. The summed E-state index contributed by atoms with van der Waals surface area (Å²) in [7, 11) is 2.02. The highest BCUT2D eigenvalue weighted by molar-refractivity contribution is 7.22. The largest absolute Gasteiger partial charge is 0.493 e. The van der Waals surface area contributed by atoms with Crippen molar-refractivity contribution < 1.29 is 38.3 Å². The van der Waals surface area contributed by atoms with Gasteiger partial charge in [-0.1, -0.05) is 61.4 Å². The molecule has 1 unspecified atom stereocenters. The zero-order valence-corrected chi connectivity index (χ0v) is 42.2. The minimum Gasteiger partial charge on any atom is -0.493 e. The van der Waals surface area contributed by atoms with Crippen molar-refractivity contribution in [3.63, 3.8) is 0 Å². The molecule has 4 N–H and O–H groups in total. The average molecular weight is 983 g/mol. The first-order valence-corrected chi connectivity index (χ1v) is 25.3. The van der Waals surface area contributed by atoms with Crippen molar-refractivity contribution in [3.8, 4) is 27.3 Å². The summed E-state index contributed by atoms with van der Waals surface area (Å²) in [5.74, 6) is 1.22. The number of amides is 3. The summed E-state index contributed by atoms with van der Waals surface area (Å²) in [6.07, 6.45) is 12.1. The molecule has 2 aliphatic rings. The Kier molecular flexibility index (Phi) is 22.2. The van der Waals surface area contributed by atoms with Gasteiger partial charge in [0, 0.05) is 49.4 Å². The lowest BCUT2D eigenvalue weighted by Crippen LogP contribution is -2.24. The third-order valence-corrected chi connectivity index (χ3v) is 12.9. The monoisotopic (exact) mass is 982 g/mol. The molecule has 1 aliphatic carbocycles. The summed E-state index contributed by atoms with van der Waals surface area (Å²) in [4.78, 5) is 62.8. The maximum Gasteiger partial charge on any atom is 0.411 e. The number of hydrogen-bond donors (Lipinski definition) is 4. The molecule has 1 aliphatic heterocycles. The number of aryl methyl sites for hydroxylation is 3. The first-order chi connectivity index (χ1) is 33.4. The number of benzene rings is 2. The number of ether oxygens (including phenoxy) is 2. The number of likely N-dealkylation sites (N-methyl/N-ethyl adjacent to an activating group) is 1. The van der Waals surface area contributed by atoms with Gasteiger partial charge in [-0.25, -0.2) is 14.8 Å². The predicted octanol–water partition coefficient (Wildman–Crippen LogP) is 10.2. The molecule has 6 aromatic rings. The minimum absolute atomic E-state index is 0.0300. The highest BCUT2D eigenvalue weighted by Gasteiger charge is 2.19. The molecule has 69 heavy (non-hydrogen) atoms. The third-order valence-electron chi connectivity index (χ3n) is 11.0. The molecule has 1 saturated heterocycles. The molecule has 370 valence electrons. The molecular weight excluding hydrogens is 917 g/mol. The second kappa shape index (κ2) is 28.4. The number of anilines is 2. The zero-order chi connectivity index (χ0) is 49.5. The molecule has 0 radical (unpaired) electrons. The number of rotatable bonds is 16. The van der Waals surface area contributed by atoms with Gasteiger partial charge in [0.2, 0.25) is 12.3 Å².